The fourth-order valence-electron chi connectivity index (χ4n) is 3.24. The van der Waals surface area contributed by atoms with Crippen molar-refractivity contribution in [3.63, 3.8) is 0 Å². The highest BCUT2D eigenvalue weighted by Gasteiger charge is 2.27. The molecule has 1 aliphatic heterocycles. The van der Waals surface area contributed by atoms with Gasteiger partial charge in [-0.15, -0.1) is 0 Å². The van der Waals surface area contributed by atoms with Gasteiger partial charge in [0.15, 0.2) is 0 Å². The Morgan fingerprint density at radius 3 is 2.68 bits per heavy atom. The molecule has 0 atom stereocenters. The predicted molar refractivity (Wildman–Crippen MR) is 101 cm³/mol. The summed E-state index contributed by atoms with van der Waals surface area (Å²) in [5.41, 5.74) is 1.11. The number of alkyl halides is 3. The van der Waals surface area contributed by atoms with E-state index >= 15 is 0 Å². The van der Waals surface area contributed by atoms with Crippen LogP contribution in [-0.4, -0.2) is 72.8 Å². The van der Waals surface area contributed by atoms with Crippen molar-refractivity contribution in [3.8, 4) is 0 Å². The molecule has 3 rings (SSSR count). The highest BCUT2D eigenvalue weighted by Crippen LogP contribution is 2.24. The van der Waals surface area contributed by atoms with E-state index in [0.717, 1.165) is 5.39 Å². The van der Waals surface area contributed by atoms with Crippen LogP contribution in [0.2, 0.25) is 5.02 Å². The van der Waals surface area contributed by atoms with E-state index in [0.29, 0.717) is 55.2 Å². The first-order valence-electron chi connectivity index (χ1n) is 9.04. The molecule has 1 aliphatic rings. The van der Waals surface area contributed by atoms with Crippen LogP contribution < -0.4 is 0 Å². The monoisotopic (exact) mass is 415 g/mol. The molecule has 0 bridgehead atoms. The van der Waals surface area contributed by atoms with Crippen LogP contribution in [0.4, 0.5) is 13.2 Å². The summed E-state index contributed by atoms with van der Waals surface area (Å²) in [6, 6.07) is 7.08. The number of hydrogen-bond donors (Lipinski definition) is 0. The Morgan fingerprint density at radius 2 is 1.96 bits per heavy atom. The third kappa shape index (κ3) is 5.56. The quantitative estimate of drug-likeness (QED) is 0.676. The summed E-state index contributed by atoms with van der Waals surface area (Å²) >= 11 is 6.15. The summed E-state index contributed by atoms with van der Waals surface area (Å²) in [7, 11) is 0. The van der Waals surface area contributed by atoms with E-state index in [9.17, 15) is 18.0 Å². The first-order chi connectivity index (χ1) is 13.3. The van der Waals surface area contributed by atoms with Gasteiger partial charge in [-0.2, -0.15) is 13.2 Å². The van der Waals surface area contributed by atoms with Crippen molar-refractivity contribution in [2.24, 2.45) is 0 Å². The van der Waals surface area contributed by atoms with Gasteiger partial charge in [-0.25, -0.2) is 0 Å². The third-order valence-corrected chi connectivity index (χ3v) is 4.81. The minimum atomic E-state index is -4.29. The predicted octanol–water partition coefficient (Wildman–Crippen LogP) is 3.62. The van der Waals surface area contributed by atoms with Crippen molar-refractivity contribution >= 4 is 28.4 Å². The molecule has 0 unspecified atom stereocenters. The van der Waals surface area contributed by atoms with Gasteiger partial charge in [0, 0.05) is 55.9 Å². The van der Waals surface area contributed by atoms with Crippen LogP contribution in [0, 0.1) is 0 Å². The number of fused-ring (bicyclic) bond motifs is 1. The average molecular weight is 416 g/mol. The second-order valence-corrected chi connectivity index (χ2v) is 7.12. The van der Waals surface area contributed by atoms with Gasteiger partial charge in [0.05, 0.1) is 11.1 Å². The molecular weight excluding hydrogens is 395 g/mol. The topological polar surface area (TPSA) is 45.7 Å². The van der Waals surface area contributed by atoms with Gasteiger partial charge in [0.2, 0.25) is 0 Å². The molecule has 0 N–H and O–H groups in total. The number of ether oxygens (including phenoxy) is 1. The number of carbonyl (C=O) groups excluding carboxylic acids is 1. The molecule has 1 amide bonds. The second-order valence-electron chi connectivity index (χ2n) is 6.68. The fourth-order valence-corrected chi connectivity index (χ4v) is 3.47. The molecule has 2 heterocycles. The summed E-state index contributed by atoms with van der Waals surface area (Å²) in [6.45, 7) is 1.91. The number of halogens is 4. The lowest BCUT2D eigenvalue weighted by Gasteiger charge is -2.34. The molecule has 0 aliphatic carbocycles. The number of carbonyl (C=O) groups is 1. The summed E-state index contributed by atoms with van der Waals surface area (Å²) in [5, 5.41) is 1.30. The van der Waals surface area contributed by atoms with E-state index in [2.05, 4.69) is 14.6 Å². The maximum absolute atomic E-state index is 12.9. The number of nitrogens with zero attached hydrogens (tertiary/aromatic N) is 3. The van der Waals surface area contributed by atoms with Crippen molar-refractivity contribution in [2.75, 3.05) is 45.9 Å². The molecule has 1 aromatic heterocycles. The lowest BCUT2D eigenvalue weighted by Crippen LogP contribution is -2.49. The number of hydrogen-bond acceptors (Lipinski definition) is 4. The van der Waals surface area contributed by atoms with E-state index < -0.39 is 12.8 Å². The Morgan fingerprint density at radius 1 is 1.21 bits per heavy atom. The van der Waals surface area contributed by atoms with Crippen molar-refractivity contribution in [1.82, 2.24) is 14.8 Å². The lowest BCUT2D eigenvalue weighted by molar-refractivity contribution is -0.174. The van der Waals surface area contributed by atoms with Crippen LogP contribution in [0.5, 0.6) is 0 Å². The molecular formula is C19H21ClF3N3O2. The summed E-state index contributed by atoms with van der Waals surface area (Å²) < 4.78 is 40.7. The van der Waals surface area contributed by atoms with E-state index in [4.69, 9.17) is 11.6 Å². The zero-order valence-corrected chi connectivity index (χ0v) is 16.0. The van der Waals surface area contributed by atoms with Gasteiger partial charge in [-0.1, -0.05) is 17.7 Å². The first-order valence-corrected chi connectivity index (χ1v) is 9.42. The van der Waals surface area contributed by atoms with Crippen molar-refractivity contribution in [3.05, 3.63) is 41.0 Å². The summed E-state index contributed by atoms with van der Waals surface area (Å²) in [4.78, 5) is 21.1. The minimum Gasteiger partial charge on any atom is -0.372 e. The van der Waals surface area contributed by atoms with Crippen LogP contribution >= 0.6 is 11.6 Å². The Balaban J connectivity index is 1.51. The van der Waals surface area contributed by atoms with Crippen LogP contribution in [0.3, 0.4) is 0 Å². The molecule has 1 fully saturated rings. The van der Waals surface area contributed by atoms with Crippen LogP contribution in [0.15, 0.2) is 30.5 Å². The van der Waals surface area contributed by atoms with Crippen LogP contribution in [0.25, 0.3) is 10.9 Å². The van der Waals surface area contributed by atoms with E-state index in [1.807, 2.05) is 6.07 Å². The van der Waals surface area contributed by atoms with Crippen molar-refractivity contribution in [2.45, 2.75) is 12.6 Å². The number of amides is 1. The largest absolute Gasteiger partial charge is 0.411 e. The molecule has 0 radical (unpaired) electrons. The van der Waals surface area contributed by atoms with Crippen molar-refractivity contribution in [1.29, 1.82) is 0 Å². The number of piperazine rings is 1. The van der Waals surface area contributed by atoms with Crippen molar-refractivity contribution < 1.29 is 22.7 Å². The molecule has 9 heteroatoms. The Labute approximate surface area is 166 Å². The third-order valence-electron chi connectivity index (χ3n) is 4.59. The van der Waals surface area contributed by atoms with Gasteiger partial charge in [-0.3, -0.25) is 14.7 Å². The fraction of sp³-hybridized carbons (Fsp3) is 0.474. The Hall–Kier alpha value is -1.90. The molecule has 1 saturated heterocycles. The zero-order chi connectivity index (χ0) is 20.1. The number of aromatic nitrogens is 1. The molecule has 5 nitrogen and oxygen atoms in total. The number of rotatable bonds is 6. The zero-order valence-electron chi connectivity index (χ0n) is 15.2. The number of pyridine rings is 1. The SMILES string of the molecule is O=C(c1cc(Cl)cc2cccnc12)N1CCN(CCCOCC(F)(F)F)CC1. The van der Waals surface area contributed by atoms with Crippen LogP contribution in [0.1, 0.15) is 16.8 Å². The molecule has 0 spiro atoms. The molecule has 0 saturated carbocycles. The summed E-state index contributed by atoms with van der Waals surface area (Å²) in [6.07, 6.45) is -2.12. The molecule has 1 aromatic carbocycles. The maximum Gasteiger partial charge on any atom is 0.411 e. The van der Waals surface area contributed by atoms with Gasteiger partial charge >= 0.3 is 6.18 Å². The van der Waals surface area contributed by atoms with Gasteiger partial charge in [-0.05, 0) is 24.6 Å². The standard InChI is InChI=1S/C19H21ClF3N3O2/c20-15-11-14-3-1-4-24-17(14)16(12-15)18(27)26-8-6-25(7-9-26)5-2-10-28-13-19(21,22)23/h1,3-4,11-12H,2,5-10,13H2. The second kappa shape index (κ2) is 9.07. The van der Waals surface area contributed by atoms with Gasteiger partial charge in [0.25, 0.3) is 5.91 Å². The first kappa shape index (κ1) is 20.8. The van der Waals surface area contributed by atoms with Gasteiger partial charge in [0.1, 0.15) is 6.61 Å². The normalized spacial score (nSPS) is 15.9. The lowest BCUT2D eigenvalue weighted by atomic mass is 10.1. The molecule has 152 valence electrons. The highest BCUT2D eigenvalue weighted by molar-refractivity contribution is 6.32. The number of benzene rings is 1. The van der Waals surface area contributed by atoms with E-state index in [1.165, 1.54) is 0 Å². The Bertz CT molecular complexity index is 824. The minimum absolute atomic E-state index is 0.0683. The van der Waals surface area contributed by atoms with E-state index in [-0.39, 0.29) is 12.5 Å². The highest BCUT2D eigenvalue weighted by atomic mass is 35.5. The molecule has 28 heavy (non-hydrogen) atoms. The van der Waals surface area contributed by atoms with E-state index in [1.54, 1.807) is 29.3 Å². The Kier molecular flexibility index (Phi) is 6.74. The summed E-state index contributed by atoms with van der Waals surface area (Å²) in [5.74, 6) is -0.112. The molecule has 2 aromatic rings. The van der Waals surface area contributed by atoms with Gasteiger partial charge < -0.3 is 9.64 Å². The average Bonchev–Trinajstić information content (AvgIpc) is 2.66. The van der Waals surface area contributed by atoms with Crippen LogP contribution in [-0.2, 0) is 4.74 Å². The smallest absolute Gasteiger partial charge is 0.372 e. The maximum atomic E-state index is 12.9.